The third-order valence-electron chi connectivity index (χ3n) is 10.9. The summed E-state index contributed by atoms with van der Waals surface area (Å²) in [4.78, 5) is 2.36. The van der Waals surface area contributed by atoms with Gasteiger partial charge in [-0.2, -0.15) is 0 Å². The van der Waals surface area contributed by atoms with E-state index in [1.165, 1.54) is 21.9 Å². The topological polar surface area (TPSA) is 29.5 Å². The minimum absolute atomic E-state index is 0.857. The van der Waals surface area contributed by atoms with Gasteiger partial charge in [-0.15, -0.1) is 0 Å². The monoisotopic (exact) mass is 703 g/mol. The van der Waals surface area contributed by atoms with E-state index in [0.29, 0.717) is 0 Å². The standard InChI is InChI=1S/C52H33NO2/c1-3-13-34(14-4-1)35-25-29-39(30-26-35)53(46-23-11-18-36-15-7-8-19-41(36)46)40-31-27-37(28-32-40)42-21-12-22-43-45-33-48-50(44-20-9-10-24-47(44)54-48)49(52(45)55-51(42)43)38-16-5-2-6-17-38/h1-33H. The molecule has 258 valence electrons. The van der Waals surface area contributed by atoms with Gasteiger partial charge in [-0.25, -0.2) is 0 Å². The molecule has 3 nitrogen and oxygen atoms in total. The average molecular weight is 704 g/mol. The molecule has 0 saturated heterocycles. The molecule has 2 aromatic heterocycles. The zero-order chi connectivity index (χ0) is 36.3. The van der Waals surface area contributed by atoms with Crippen molar-refractivity contribution in [1.29, 1.82) is 0 Å². The third kappa shape index (κ3) is 5.13. The van der Waals surface area contributed by atoms with E-state index in [4.69, 9.17) is 8.83 Å². The molecule has 0 saturated carbocycles. The summed E-state index contributed by atoms with van der Waals surface area (Å²) >= 11 is 0. The maximum Gasteiger partial charge on any atom is 0.144 e. The largest absolute Gasteiger partial charge is 0.456 e. The van der Waals surface area contributed by atoms with Crippen LogP contribution in [0.2, 0.25) is 0 Å². The molecule has 3 heteroatoms. The molecular formula is C52H33NO2. The molecule has 9 aromatic carbocycles. The van der Waals surface area contributed by atoms with Crippen LogP contribution in [0.15, 0.2) is 209 Å². The molecule has 0 bridgehead atoms. The highest BCUT2D eigenvalue weighted by atomic mass is 16.3. The predicted octanol–water partition coefficient (Wildman–Crippen LogP) is 15.1. The van der Waals surface area contributed by atoms with Gasteiger partial charge >= 0.3 is 0 Å². The fraction of sp³-hybridized carbons (Fsp3) is 0. The van der Waals surface area contributed by atoms with Crippen LogP contribution in [0.4, 0.5) is 17.1 Å². The van der Waals surface area contributed by atoms with Crippen molar-refractivity contribution in [2.45, 2.75) is 0 Å². The Hall–Kier alpha value is -7.36. The normalized spacial score (nSPS) is 11.6. The summed E-state index contributed by atoms with van der Waals surface area (Å²) in [6.07, 6.45) is 0. The van der Waals surface area contributed by atoms with E-state index in [2.05, 4.69) is 193 Å². The lowest BCUT2D eigenvalue weighted by Gasteiger charge is -2.27. The van der Waals surface area contributed by atoms with Crippen molar-refractivity contribution >= 4 is 71.7 Å². The van der Waals surface area contributed by atoms with Gasteiger partial charge in [-0.05, 0) is 70.1 Å². The minimum atomic E-state index is 0.857. The molecule has 0 atom stereocenters. The first-order chi connectivity index (χ1) is 27.3. The number of nitrogens with zero attached hydrogens (tertiary/aromatic N) is 1. The Morgan fingerprint density at radius 2 is 0.927 bits per heavy atom. The molecule has 11 rings (SSSR count). The molecule has 0 spiro atoms. The van der Waals surface area contributed by atoms with Gasteiger partial charge in [0.2, 0.25) is 0 Å². The number of benzene rings is 9. The van der Waals surface area contributed by atoms with Crippen molar-refractivity contribution in [3.05, 3.63) is 200 Å². The lowest BCUT2D eigenvalue weighted by Crippen LogP contribution is -2.10. The number of anilines is 3. The highest BCUT2D eigenvalue weighted by Gasteiger charge is 2.23. The van der Waals surface area contributed by atoms with Gasteiger partial charge in [0.25, 0.3) is 0 Å². The zero-order valence-electron chi connectivity index (χ0n) is 29.8. The molecule has 55 heavy (non-hydrogen) atoms. The van der Waals surface area contributed by atoms with E-state index < -0.39 is 0 Å². The van der Waals surface area contributed by atoms with Crippen molar-refractivity contribution in [3.8, 4) is 33.4 Å². The lowest BCUT2D eigenvalue weighted by molar-refractivity contribution is 0.665. The number of hydrogen-bond donors (Lipinski definition) is 0. The summed E-state index contributed by atoms with van der Waals surface area (Å²) < 4.78 is 13.5. The molecule has 0 fully saturated rings. The molecule has 0 N–H and O–H groups in total. The predicted molar refractivity (Wildman–Crippen MR) is 229 cm³/mol. The maximum atomic E-state index is 7.01. The Morgan fingerprint density at radius 1 is 0.345 bits per heavy atom. The van der Waals surface area contributed by atoms with Crippen LogP contribution in [0.1, 0.15) is 0 Å². The van der Waals surface area contributed by atoms with Crippen molar-refractivity contribution in [2.24, 2.45) is 0 Å². The first-order valence-corrected chi connectivity index (χ1v) is 18.7. The Bertz CT molecular complexity index is 3170. The second-order valence-electron chi connectivity index (χ2n) is 14.0. The van der Waals surface area contributed by atoms with Crippen LogP contribution in [0.5, 0.6) is 0 Å². The summed E-state index contributed by atoms with van der Waals surface area (Å²) in [5.41, 5.74) is 13.4. The van der Waals surface area contributed by atoms with Gasteiger partial charge in [0, 0.05) is 49.4 Å². The lowest BCUT2D eigenvalue weighted by atomic mass is 9.96. The first kappa shape index (κ1) is 31.2. The van der Waals surface area contributed by atoms with E-state index >= 15 is 0 Å². The Kier molecular flexibility index (Phi) is 7.17. The third-order valence-corrected chi connectivity index (χ3v) is 10.9. The van der Waals surface area contributed by atoms with Crippen LogP contribution in [-0.2, 0) is 0 Å². The van der Waals surface area contributed by atoms with Crippen LogP contribution in [0.3, 0.4) is 0 Å². The highest BCUT2D eigenvalue weighted by molar-refractivity contribution is 6.24. The smallest absolute Gasteiger partial charge is 0.144 e. The quantitative estimate of drug-likeness (QED) is 0.173. The first-order valence-electron chi connectivity index (χ1n) is 18.7. The van der Waals surface area contributed by atoms with Gasteiger partial charge in [0.1, 0.15) is 22.3 Å². The zero-order valence-corrected chi connectivity index (χ0v) is 29.8. The van der Waals surface area contributed by atoms with Crippen molar-refractivity contribution in [1.82, 2.24) is 0 Å². The van der Waals surface area contributed by atoms with E-state index in [1.807, 2.05) is 12.1 Å². The Balaban J connectivity index is 1.07. The molecule has 0 aliphatic carbocycles. The fourth-order valence-corrected chi connectivity index (χ4v) is 8.30. The van der Waals surface area contributed by atoms with Crippen molar-refractivity contribution in [3.63, 3.8) is 0 Å². The van der Waals surface area contributed by atoms with E-state index in [0.717, 1.165) is 83.2 Å². The van der Waals surface area contributed by atoms with E-state index in [9.17, 15) is 0 Å². The Labute approximate surface area is 317 Å². The molecule has 0 radical (unpaired) electrons. The molecule has 0 aliphatic heterocycles. The molecule has 2 heterocycles. The van der Waals surface area contributed by atoms with Crippen LogP contribution < -0.4 is 4.90 Å². The number of furan rings is 2. The fourth-order valence-electron chi connectivity index (χ4n) is 8.30. The van der Waals surface area contributed by atoms with Gasteiger partial charge in [0.05, 0.1) is 5.69 Å². The van der Waals surface area contributed by atoms with Crippen LogP contribution in [0, 0.1) is 0 Å². The summed E-state index contributed by atoms with van der Waals surface area (Å²) in [6, 6.07) is 70.7. The summed E-state index contributed by atoms with van der Waals surface area (Å²) in [7, 11) is 0. The Morgan fingerprint density at radius 3 is 1.69 bits per heavy atom. The molecule has 11 aromatic rings. The van der Waals surface area contributed by atoms with E-state index in [-0.39, 0.29) is 0 Å². The van der Waals surface area contributed by atoms with Gasteiger partial charge in [0.15, 0.2) is 0 Å². The van der Waals surface area contributed by atoms with Gasteiger partial charge in [-0.1, -0.05) is 158 Å². The number of hydrogen-bond acceptors (Lipinski definition) is 3. The number of para-hydroxylation sites is 2. The average Bonchev–Trinajstić information content (AvgIpc) is 3.82. The van der Waals surface area contributed by atoms with Crippen molar-refractivity contribution < 1.29 is 8.83 Å². The minimum Gasteiger partial charge on any atom is -0.456 e. The summed E-state index contributed by atoms with van der Waals surface area (Å²) in [5, 5.41) is 6.66. The summed E-state index contributed by atoms with van der Waals surface area (Å²) in [5.74, 6) is 0. The van der Waals surface area contributed by atoms with Crippen LogP contribution >= 0.6 is 0 Å². The highest BCUT2D eigenvalue weighted by Crippen LogP contribution is 2.47. The number of fused-ring (bicyclic) bond motifs is 7. The molecular weight excluding hydrogens is 671 g/mol. The summed E-state index contributed by atoms with van der Waals surface area (Å²) in [6.45, 7) is 0. The maximum absolute atomic E-state index is 7.01. The molecule has 0 amide bonds. The van der Waals surface area contributed by atoms with Crippen LogP contribution in [0.25, 0.3) is 88.0 Å². The van der Waals surface area contributed by atoms with Crippen molar-refractivity contribution in [2.75, 3.05) is 4.90 Å². The second kappa shape index (κ2) is 12.6. The molecule has 0 unspecified atom stereocenters. The molecule has 0 aliphatic rings. The number of rotatable bonds is 6. The van der Waals surface area contributed by atoms with Crippen LogP contribution in [-0.4, -0.2) is 0 Å². The van der Waals surface area contributed by atoms with E-state index in [1.54, 1.807) is 0 Å². The SMILES string of the molecule is c1ccc(-c2ccc(N(c3ccc(-c4cccc5c4oc4c(-c6ccccc6)c6c(cc45)oc4ccccc46)cc3)c3cccc4ccccc34)cc2)cc1. The van der Waals surface area contributed by atoms with Gasteiger partial charge in [-0.3, -0.25) is 0 Å². The van der Waals surface area contributed by atoms with Gasteiger partial charge < -0.3 is 13.7 Å². The second-order valence-corrected chi connectivity index (χ2v) is 14.0.